The van der Waals surface area contributed by atoms with Gasteiger partial charge >= 0.3 is 8.80 Å². The van der Waals surface area contributed by atoms with Crippen molar-refractivity contribution in [2.24, 2.45) is 0 Å². The van der Waals surface area contributed by atoms with Crippen molar-refractivity contribution in [3.05, 3.63) is 0 Å². The lowest BCUT2D eigenvalue weighted by Crippen LogP contribution is -2.42. The minimum atomic E-state index is -2.47. The zero-order valence-electron chi connectivity index (χ0n) is 8.34. The Bertz CT molecular complexity index is 113. The second kappa shape index (κ2) is 7.40. The Kier molecular flexibility index (Phi) is 7.39. The fourth-order valence-corrected chi connectivity index (χ4v) is 2.69. The van der Waals surface area contributed by atoms with Crippen molar-refractivity contribution in [2.75, 3.05) is 34.8 Å². The maximum absolute atomic E-state index is 11.6. The van der Waals surface area contributed by atoms with E-state index in [1.165, 1.54) is 0 Å². The van der Waals surface area contributed by atoms with Crippen LogP contribution in [0.4, 0.5) is 4.39 Å². The highest BCUT2D eigenvalue weighted by molar-refractivity contribution is 6.60. The molecule has 0 amide bonds. The average molecular weight is 212 g/mol. The van der Waals surface area contributed by atoms with Gasteiger partial charge in [-0.3, -0.25) is 0 Å². The highest BCUT2D eigenvalue weighted by Crippen LogP contribution is 2.14. The number of alkyl halides is 1. The number of ether oxygens (including phenoxy) is 1. The summed E-state index contributed by atoms with van der Waals surface area (Å²) in [5.74, 6) is 0. The van der Waals surface area contributed by atoms with E-state index in [2.05, 4.69) is 4.74 Å². The van der Waals surface area contributed by atoms with Crippen LogP contribution in [0.25, 0.3) is 0 Å². The summed E-state index contributed by atoms with van der Waals surface area (Å²) in [5.41, 5.74) is 0. The van der Waals surface area contributed by atoms with Crippen LogP contribution in [0.2, 0.25) is 6.04 Å². The minimum Gasteiger partial charge on any atom is -0.377 e. The molecule has 0 aliphatic heterocycles. The van der Waals surface area contributed by atoms with Gasteiger partial charge in [-0.05, 0) is 6.42 Å². The number of hydrogen-bond acceptors (Lipinski definition) is 4. The molecule has 0 radical (unpaired) electrons. The Morgan fingerprint density at radius 2 is 1.62 bits per heavy atom. The summed E-state index contributed by atoms with van der Waals surface area (Å²) >= 11 is 0. The summed E-state index contributed by atoms with van der Waals surface area (Å²) in [5, 5.41) is 0. The van der Waals surface area contributed by atoms with Gasteiger partial charge in [0, 0.05) is 34.0 Å². The maximum atomic E-state index is 11.6. The molecule has 13 heavy (non-hydrogen) atoms. The first-order valence-corrected chi connectivity index (χ1v) is 5.97. The van der Waals surface area contributed by atoms with Gasteiger partial charge in [-0.15, -0.1) is 0 Å². The summed E-state index contributed by atoms with van der Waals surface area (Å²) in [6, 6.07) is 0.635. The summed E-state index contributed by atoms with van der Waals surface area (Å²) in [6.45, 7) is -0.386. The first-order chi connectivity index (χ1) is 6.24. The molecule has 0 saturated heterocycles. The van der Waals surface area contributed by atoms with Crippen molar-refractivity contribution in [3.8, 4) is 0 Å². The van der Waals surface area contributed by atoms with Crippen LogP contribution in [0.15, 0.2) is 0 Å². The van der Waals surface area contributed by atoms with E-state index in [-0.39, 0.29) is 0 Å². The summed E-state index contributed by atoms with van der Waals surface area (Å²) in [6.07, 6.45) is 0.672. The monoisotopic (exact) mass is 212 g/mol. The second-order valence-electron chi connectivity index (χ2n) is 2.42. The number of rotatable bonds is 8. The van der Waals surface area contributed by atoms with Crippen LogP contribution in [0.3, 0.4) is 0 Å². The maximum Gasteiger partial charge on any atom is 0.500 e. The average Bonchev–Trinajstić information content (AvgIpc) is 2.20. The number of hydrogen-bond donors (Lipinski definition) is 0. The molecule has 0 aliphatic rings. The van der Waals surface area contributed by atoms with Crippen LogP contribution in [0.5, 0.6) is 0 Å². The van der Waals surface area contributed by atoms with E-state index < -0.39 is 15.7 Å². The molecule has 0 saturated carbocycles. The second-order valence-corrected chi connectivity index (χ2v) is 5.51. The Hall–Kier alpha value is -0.0131. The lowest BCUT2D eigenvalue weighted by atomic mass is 10.5. The predicted octanol–water partition coefficient (Wildman–Crippen LogP) is 1.20. The predicted molar refractivity (Wildman–Crippen MR) is 48.1 cm³/mol. The van der Waals surface area contributed by atoms with Gasteiger partial charge in [-0.25, -0.2) is 4.39 Å². The normalized spacial score (nSPS) is 12.0. The van der Waals surface area contributed by atoms with E-state index in [1.807, 2.05) is 0 Å². The standard InChI is InChI=1S/C7H17FO4Si/c1-9-13(10-2,11-3)6-4-5-12-7-8/h4-7H2,1-3H3. The Labute approximate surface area is 79.3 Å². The molecular weight excluding hydrogens is 195 g/mol. The number of halogens is 1. The largest absolute Gasteiger partial charge is 0.500 e. The van der Waals surface area contributed by atoms with Crippen LogP contribution in [-0.4, -0.2) is 43.6 Å². The molecule has 0 spiro atoms. The van der Waals surface area contributed by atoms with E-state index in [4.69, 9.17) is 13.3 Å². The van der Waals surface area contributed by atoms with Gasteiger partial charge < -0.3 is 18.0 Å². The molecule has 0 bridgehead atoms. The van der Waals surface area contributed by atoms with Gasteiger partial charge in [-0.1, -0.05) is 0 Å². The first-order valence-electron chi connectivity index (χ1n) is 4.04. The molecule has 80 valence electrons. The lowest BCUT2D eigenvalue weighted by molar-refractivity contribution is 0.0539. The van der Waals surface area contributed by atoms with E-state index in [9.17, 15) is 4.39 Å². The molecule has 0 aromatic heterocycles. The van der Waals surface area contributed by atoms with E-state index in [0.29, 0.717) is 19.1 Å². The van der Waals surface area contributed by atoms with Gasteiger partial charge in [0.1, 0.15) is 0 Å². The van der Waals surface area contributed by atoms with E-state index in [0.717, 1.165) is 0 Å². The highest BCUT2D eigenvalue weighted by Gasteiger charge is 2.36. The zero-order chi connectivity index (χ0) is 10.2. The molecular formula is C7H17FO4Si. The Morgan fingerprint density at radius 3 is 2.00 bits per heavy atom. The lowest BCUT2D eigenvalue weighted by Gasteiger charge is -2.23. The fourth-order valence-electron chi connectivity index (χ4n) is 1.00. The zero-order valence-corrected chi connectivity index (χ0v) is 9.34. The van der Waals surface area contributed by atoms with Crippen molar-refractivity contribution >= 4 is 8.80 Å². The third kappa shape index (κ3) is 4.68. The van der Waals surface area contributed by atoms with Crippen LogP contribution >= 0.6 is 0 Å². The summed E-state index contributed by atoms with van der Waals surface area (Å²) < 4.78 is 31.6. The van der Waals surface area contributed by atoms with Crippen molar-refractivity contribution in [1.29, 1.82) is 0 Å². The minimum absolute atomic E-state index is 0.362. The van der Waals surface area contributed by atoms with Crippen LogP contribution in [0, 0.1) is 0 Å². The molecule has 0 N–H and O–H groups in total. The molecule has 0 unspecified atom stereocenters. The molecule has 0 aliphatic carbocycles. The SMILES string of the molecule is CO[Si](CCCOCF)(OC)OC. The molecule has 6 heteroatoms. The highest BCUT2D eigenvalue weighted by atomic mass is 28.4. The molecule has 4 nitrogen and oxygen atoms in total. The van der Waals surface area contributed by atoms with Gasteiger partial charge in [0.2, 0.25) is 0 Å². The molecule has 0 aromatic rings. The first kappa shape index (κ1) is 13.0. The van der Waals surface area contributed by atoms with Gasteiger partial charge in [0.15, 0.2) is 6.86 Å². The summed E-state index contributed by atoms with van der Waals surface area (Å²) in [7, 11) is 2.18. The van der Waals surface area contributed by atoms with Crippen LogP contribution in [0.1, 0.15) is 6.42 Å². The van der Waals surface area contributed by atoms with Crippen molar-refractivity contribution < 1.29 is 22.4 Å². The quantitative estimate of drug-likeness (QED) is 0.447. The van der Waals surface area contributed by atoms with Crippen molar-refractivity contribution in [2.45, 2.75) is 12.5 Å². The fraction of sp³-hybridized carbons (Fsp3) is 1.00. The van der Waals surface area contributed by atoms with E-state index in [1.54, 1.807) is 21.3 Å². The Morgan fingerprint density at radius 1 is 1.08 bits per heavy atom. The Balaban J connectivity index is 3.68. The van der Waals surface area contributed by atoms with Crippen LogP contribution < -0.4 is 0 Å². The van der Waals surface area contributed by atoms with Crippen molar-refractivity contribution in [3.63, 3.8) is 0 Å². The third-order valence-electron chi connectivity index (χ3n) is 1.78. The van der Waals surface area contributed by atoms with Gasteiger partial charge in [0.25, 0.3) is 0 Å². The molecule has 0 fully saturated rings. The smallest absolute Gasteiger partial charge is 0.377 e. The van der Waals surface area contributed by atoms with Gasteiger partial charge in [-0.2, -0.15) is 0 Å². The molecule has 0 aromatic carbocycles. The van der Waals surface area contributed by atoms with Gasteiger partial charge in [0.05, 0.1) is 0 Å². The molecule has 0 atom stereocenters. The van der Waals surface area contributed by atoms with E-state index >= 15 is 0 Å². The van der Waals surface area contributed by atoms with Crippen molar-refractivity contribution in [1.82, 2.24) is 0 Å². The molecule has 0 rings (SSSR count). The topological polar surface area (TPSA) is 36.9 Å². The summed E-state index contributed by atoms with van der Waals surface area (Å²) in [4.78, 5) is 0. The molecule has 0 heterocycles. The third-order valence-corrected chi connectivity index (χ3v) is 4.61. The van der Waals surface area contributed by atoms with Crippen LogP contribution in [-0.2, 0) is 18.0 Å².